The van der Waals surface area contributed by atoms with E-state index in [0.717, 1.165) is 52.1 Å². The van der Waals surface area contributed by atoms with Crippen LogP contribution in [0.25, 0.3) is 33.1 Å². The van der Waals surface area contributed by atoms with Gasteiger partial charge in [0.05, 0.1) is 10.9 Å². The fourth-order valence-corrected chi connectivity index (χ4v) is 3.91. The lowest BCUT2D eigenvalue weighted by atomic mass is 9.96. The Morgan fingerprint density at radius 2 is 2.03 bits per heavy atom. The maximum Gasteiger partial charge on any atom is 0.240 e. The van der Waals surface area contributed by atoms with E-state index in [-0.39, 0.29) is 0 Å². The van der Waals surface area contributed by atoms with Gasteiger partial charge < -0.3 is 16.0 Å². The Morgan fingerprint density at radius 3 is 2.79 bits per heavy atom. The van der Waals surface area contributed by atoms with Crippen molar-refractivity contribution in [3.8, 4) is 11.1 Å². The molecule has 0 fully saturated rings. The van der Waals surface area contributed by atoms with Gasteiger partial charge in [0.15, 0.2) is 0 Å². The summed E-state index contributed by atoms with van der Waals surface area (Å²) in [6.07, 6.45) is 5.68. The number of aromatic nitrogens is 4. The third-order valence-corrected chi connectivity index (χ3v) is 5.24. The van der Waals surface area contributed by atoms with E-state index in [4.69, 9.17) is 5.73 Å². The number of aryl methyl sites for hydroxylation is 1. The van der Waals surface area contributed by atoms with E-state index in [1.54, 1.807) is 6.33 Å². The molecule has 7 nitrogen and oxygen atoms in total. The zero-order chi connectivity index (χ0) is 20.5. The summed E-state index contributed by atoms with van der Waals surface area (Å²) >= 11 is 0. The molecular weight excluding hydrogens is 364 g/mol. The first kappa shape index (κ1) is 18.6. The van der Waals surface area contributed by atoms with Gasteiger partial charge in [-0.15, -0.1) is 0 Å². The van der Waals surface area contributed by atoms with Crippen LogP contribution in [0.2, 0.25) is 0 Å². The fraction of sp³-hybridized carbons (Fsp3) is 0.182. The van der Waals surface area contributed by atoms with Gasteiger partial charge in [-0.25, -0.2) is 9.97 Å². The second kappa shape index (κ2) is 7.35. The highest BCUT2D eigenvalue weighted by molar-refractivity contribution is 6.03. The second-order valence-electron chi connectivity index (χ2n) is 7.08. The molecule has 4 heterocycles. The largest absolute Gasteiger partial charge is 0.383 e. The molecule has 4 aromatic rings. The Balaban J connectivity index is 0.000000369. The zero-order valence-electron chi connectivity index (χ0n) is 16.2. The zero-order valence-corrected chi connectivity index (χ0v) is 16.2. The molecule has 1 aromatic carbocycles. The van der Waals surface area contributed by atoms with Crippen molar-refractivity contribution in [2.24, 2.45) is 5.73 Å². The van der Waals surface area contributed by atoms with Gasteiger partial charge in [0, 0.05) is 34.9 Å². The van der Waals surface area contributed by atoms with Crippen molar-refractivity contribution >= 4 is 33.7 Å². The second-order valence-corrected chi connectivity index (χ2v) is 7.08. The SMILES string of the molecule is C=CC(N)=O.CC1CCn2c1c(-c1cnc3ccccc3c1)c1c(N)ncnc12. The summed E-state index contributed by atoms with van der Waals surface area (Å²) in [5.41, 5.74) is 16.2. The van der Waals surface area contributed by atoms with E-state index in [1.165, 1.54) is 5.69 Å². The number of nitrogen functional groups attached to an aromatic ring is 1. The minimum absolute atomic E-state index is 0.472. The van der Waals surface area contributed by atoms with Crippen LogP contribution in [-0.4, -0.2) is 25.4 Å². The van der Waals surface area contributed by atoms with Crippen LogP contribution < -0.4 is 11.5 Å². The topological polar surface area (TPSA) is 113 Å². The van der Waals surface area contributed by atoms with E-state index in [9.17, 15) is 4.79 Å². The van der Waals surface area contributed by atoms with Crippen LogP contribution in [0, 0.1) is 0 Å². The van der Waals surface area contributed by atoms with Crippen molar-refractivity contribution < 1.29 is 4.79 Å². The van der Waals surface area contributed by atoms with Gasteiger partial charge in [0.25, 0.3) is 0 Å². The van der Waals surface area contributed by atoms with Gasteiger partial charge in [-0.3, -0.25) is 9.78 Å². The van der Waals surface area contributed by atoms with Crippen LogP contribution >= 0.6 is 0 Å². The number of para-hydroxylation sites is 1. The molecule has 5 rings (SSSR count). The Kier molecular flexibility index (Phi) is 4.72. The fourth-order valence-electron chi connectivity index (χ4n) is 3.91. The summed E-state index contributed by atoms with van der Waals surface area (Å²) in [5, 5.41) is 2.08. The van der Waals surface area contributed by atoms with Gasteiger partial charge in [-0.2, -0.15) is 0 Å². The van der Waals surface area contributed by atoms with Crippen molar-refractivity contribution in [1.82, 2.24) is 19.5 Å². The highest BCUT2D eigenvalue weighted by atomic mass is 16.1. The van der Waals surface area contributed by atoms with Crippen LogP contribution in [0.3, 0.4) is 0 Å². The number of anilines is 1. The Labute approximate surface area is 168 Å². The highest BCUT2D eigenvalue weighted by Crippen LogP contribution is 2.44. The molecule has 4 N–H and O–H groups in total. The summed E-state index contributed by atoms with van der Waals surface area (Å²) in [6, 6.07) is 10.4. The number of amides is 1. The van der Waals surface area contributed by atoms with Gasteiger partial charge in [-0.1, -0.05) is 31.7 Å². The van der Waals surface area contributed by atoms with Gasteiger partial charge in [-0.05, 0) is 30.5 Å². The maximum atomic E-state index is 9.47. The summed E-state index contributed by atoms with van der Waals surface area (Å²) < 4.78 is 2.29. The van der Waals surface area contributed by atoms with Crippen LogP contribution in [0.5, 0.6) is 0 Å². The molecule has 0 radical (unpaired) electrons. The van der Waals surface area contributed by atoms with Crippen LogP contribution in [0.15, 0.2) is 55.5 Å². The molecule has 0 bridgehead atoms. The van der Waals surface area contributed by atoms with Crippen molar-refractivity contribution in [1.29, 1.82) is 0 Å². The molecule has 0 saturated heterocycles. The first-order chi connectivity index (χ1) is 14.0. The predicted octanol–water partition coefficient (Wildman–Crippen LogP) is 3.39. The summed E-state index contributed by atoms with van der Waals surface area (Å²) in [4.78, 5) is 22.8. The Bertz CT molecular complexity index is 1240. The van der Waals surface area contributed by atoms with Crippen molar-refractivity contribution in [3.05, 3.63) is 61.2 Å². The number of primary amides is 1. The molecule has 0 aliphatic carbocycles. The van der Waals surface area contributed by atoms with E-state index in [0.29, 0.717) is 11.7 Å². The molecule has 1 aliphatic rings. The van der Waals surface area contributed by atoms with Crippen LogP contribution in [-0.2, 0) is 11.3 Å². The average molecular weight is 386 g/mol. The Morgan fingerprint density at radius 1 is 1.28 bits per heavy atom. The average Bonchev–Trinajstić information content (AvgIpc) is 3.27. The number of hydrogen-bond acceptors (Lipinski definition) is 5. The number of nitrogens with two attached hydrogens (primary N) is 2. The number of rotatable bonds is 2. The number of carbonyl (C=O) groups is 1. The molecule has 7 heteroatoms. The standard InChI is InChI=1S/C19H17N5.C3H5NO/c1-11-6-7-24-17(11)15(16-18(20)22-10-23-19(16)24)13-8-12-4-2-3-5-14(12)21-9-13;1-2-3(4)5/h2-5,8-11H,6-7H2,1H3,(H2,20,22,23);2H,1H2,(H2,4,5). The lowest BCUT2D eigenvalue weighted by Crippen LogP contribution is -2.04. The molecule has 1 amide bonds. The van der Waals surface area contributed by atoms with Gasteiger partial charge in [0.2, 0.25) is 5.91 Å². The monoisotopic (exact) mass is 386 g/mol. The van der Waals surface area contributed by atoms with Gasteiger partial charge in [0.1, 0.15) is 17.8 Å². The molecule has 0 spiro atoms. The molecule has 0 saturated carbocycles. The lowest BCUT2D eigenvalue weighted by molar-refractivity contribution is -0.113. The highest BCUT2D eigenvalue weighted by Gasteiger charge is 2.29. The third-order valence-electron chi connectivity index (χ3n) is 5.24. The molecule has 1 unspecified atom stereocenters. The maximum absolute atomic E-state index is 9.47. The molecule has 146 valence electrons. The minimum atomic E-state index is -0.481. The number of carbonyl (C=O) groups excluding carboxylic acids is 1. The number of benzene rings is 1. The van der Waals surface area contributed by atoms with Crippen molar-refractivity contribution in [3.63, 3.8) is 0 Å². The molecular formula is C22H22N6O. The Hall–Kier alpha value is -3.74. The van der Waals surface area contributed by atoms with E-state index in [1.807, 2.05) is 24.4 Å². The quantitative estimate of drug-likeness (QED) is 0.513. The van der Waals surface area contributed by atoms with E-state index in [2.05, 4.69) is 50.9 Å². The summed E-state index contributed by atoms with van der Waals surface area (Å²) in [5.74, 6) is 0.530. The van der Waals surface area contributed by atoms with Crippen LogP contribution in [0.1, 0.15) is 25.0 Å². The molecule has 1 atom stereocenters. The number of pyridine rings is 1. The van der Waals surface area contributed by atoms with Crippen molar-refractivity contribution in [2.45, 2.75) is 25.8 Å². The summed E-state index contributed by atoms with van der Waals surface area (Å²) in [7, 11) is 0. The smallest absolute Gasteiger partial charge is 0.240 e. The van der Waals surface area contributed by atoms with E-state index < -0.39 is 5.91 Å². The van der Waals surface area contributed by atoms with Gasteiger partial charge >= 0.3 is 0 Å². The number of hydrogen-bond donors (Lipinski definition) is 2. The third kappa shape index (κ3) is 3.20. The summed E-state index contributed by atoms with van der Waals surface area (Å²) in [6.45, 7) is 6.33. The van der Waals surface area contributed by atoms with Crippen molar-refractivity contribution in [2.75, 3.05) is 5.73 Å². The number of nitrogens with zero attached hydrogens (tertiary/aromatic N) is 4. The molecule has 29 heavy (non-hydrogen) atoms. The van der Waals surface area contributed by atoms with E-state index >= 15 is 0 Å². The number of fused-ring (bicyclic) bond motifs is 4. The molecule has 1 aliphatic heterocycles. The first-order valence-corrected chi connectivity index (χ1v) is 9.40. The normalized spacial score (nSPS) is 15.0. The molecule has 3 aromatic heterocycles. The lowest BCUT2D eigenvalue weighted by Gasteiger charge is -2.09. The van der Waals surface area contributed by atoms with Crippen LogP contribution in [0.4, 0.5) is 5.82 Å². The minimum Gasteiger partial charge on any atom is -0.383 e. The predicted molar refractivity (Wildman–Crippen MR) is 115 cm³/mol. The first-order valence-electron chi connectivity index (χ1n) is 9.40.